The number of ether oxygens (including phenoxy) is 5. The number of benzene rings is 4. The number of carbonyl (C=O) groups excluding carboxylic acids is 3. The molecule has 4 aromatic carbocycles. The third-order valence-corrected chi connectivity index (χ3v) is 17.8. The molecule has 462 valence electrons. The molecule has 10 rings (SSSR count). The van der Waals surface area contributed by atoms with E-state index in [1.807, 2.05) is 81.4 Å². The number of amides is 2. The number of piperazine rings is 1. The largest absolute Gasteiger partial charge is 0.508 e. The van der Waals surface area contributed by atoms with E-state index in [4.69, 9.17) is 44.8 Å². The number of piperidine rings is 1. The Hall–Kier alpha value is -7.11. The number of β-amino-alcohol motifs (C(OH)–C–C–N with tert-alkyl or cyclic N) is 1. The van der Waals surface area contributed by atoms with Crippen molar-refractivity contribution in [3.8, 4) is 39.2 Å². The molecule has 6 heterocycles. The molecule has 3 saturated heterocycles. The van der Waals surface area contributed by atoms with Crippen LogP contribution in [0.5, 0.6) is 17.6 Å². The highest BCUT2D eigenvalue weighted by atomic mass is 35.5. The topological polar surface area (TPSA) is 215 Å². The summed E-state index contributed by atoms with van der Waals surface area (Å²) in [6.07, 6.45) is 2.25. The molecule has 22 heteroatoms. The second kappa shape index (κ2) is 28.8. The number of anilines is 1. The molecule has 0 bridgehead atoms. The number of ketones is 1. The number of likely N-dealkylation sites (tertiary alicyclic amines) is 2. The summed E-state index contributed by atoms with van der Waals surface area (Å²) in [7, 11) is 0. The van der Waals surface area contributed by atoms with Crippen LogP contribution in [0.1, 0.15) is 82.2 Å². The molecule has 0 saturated carbocycles. The summed E-state index contributed by atoms with van der Waals surface area (Å²) in [5.41, 5.74) is 5.48. The summed E-state index contributed by atoms with van der Waals surface area (Å²) in [5.74, 6) is -1.29. The van der Waals surface area contributed by atoms with Crippen LogP contribution in [0, 0.1) is 18.7 Å². The summed E-state index contributed by atoms with van der Waals surface area (Å²) < 4.78 is 52.7. The Morgan fingerprint density at radius 2 is 1.62 bits per heavy atom. The van der Waals surface area contributed by atoms with Gasteiger partial charge in [-0.3, -0.25) is 19.3 Å². The molecule has 3 fully saturated rings. The number of hydrogen-bond donors (Lipinski definition) is 2. The van der Waals surface area contributed by atoms with Crippen LogP contribution in [0.4, 0.5) is 10.2 Å². The lowest BCUT2D eigenvalue weighted by Gasteiger charge is -2.35. The molecule has 0 radical (unpaired) electrons. The van der Waals surface area contributed by atoms with Crippen LogP contribution in [0.3, 0.4) is 0 Å². The summed E-state index contributed by atoms with van der Waals surface area (Å²) in [5, 5.41) is 27.5. The first-order valence-electron chi connectivity index (χ1n) is 29.9. The summed E-state index contributed by atoms with van der Waals surface area (Å²) in [6, 6.07) is 21.2. The predicted octanol–water partition coefficient (Wildman–Crippen LogP) is 10.0. The number of rotatable bonds is 26. The number of phenolic OH excluding ortho intramolecular Hbond substituents is 1. The first-order valence-corrected chi connectivity index (χ1v) is 31.1. The minimum atomic E-state index is -0.814. The lowest BCUT2D eigenvalue weighted by atomic mass is 9.89. The molecule has 3 aliphatic heterocycles. The zero-order valence-corrected chi connectivity index (χ0v) is 51.4. The fraction of sp³-hybridized carbons (Fsp3) is 0.462. The van der Waals surface area contributed by atoms with Crippen molar-refractivity contribution in [3.63, 3.8) is 0 Å². The highest BCUT2D eigenvalue weighted by Gasteiger charge is 2.43. The average Bonchev–Trinajstić information content (AvgIpc) is 1.89. The van der Waals surface area contributed by atoms with E-state index in [-0.39, 0.29) is 108 Å². The summed E-state index contributed by atoms with van der Waals surface area (Å²) in [6.45, 7) is 19.3. The third kappa shape index (κ3) is 15.1. The Bertz CT molecular complexity index is 3530. The van der Waals surface area contributed by atoms with Gasteiger partial charge in [0.15, 0.2) is 17.4 Å². The molecule has 87 heavy (non-hydrogen) atoms. The maximum atomic E-state index is 17.1. The van der Waals surface area contributed by atoms with E-state index in [9.17, 15) is 24.6 Å². The van der Waals surface area contributed by atoms with Gasteiger partial charge in [0.25, 0.3) is 5.88 Å². The van der Waals surface area contributed by atoms with Crippen LogP contribution in [0.2, 0.25) is 5.02 Å². The van der Waals surface area contributed by atoms with Crippen molar-refractivity contribution in [2.45, 2.75) is 96.5 Å². The number of carbonyl (C=O) groups is 3. The van der Waals surface area contributed by atoms with E-state index in [0.717, 1.165) is 53.0 Å². The van der Waals surface area contributed by atoms with Gasteiger partial charge < -0.3 is 53.1 Å². The number of aromatic nitrogens is 4. The standard InChI is InChI=1S/C65H76ClFN8O11S/c1-7-57(79)73-20-22-74(23-21-73)63-51-34-52(66)59(50-32-46(76)31-45-10-8-9-11-49(45)50)60(67)61(51)69-65(70-63)85-41(5)36-72-18-16-48(17-19-72)83-28-26-81-24-25-82-27-29-84-56-35-55(86-71-56)58(39(2)3)64(80)75-37-47(77)33-53(75)54(78)30-40(4)43-12-14-44(15-13-43)62-42(6)68-38-87-62/h7-15,31-32,34-35,38-41,47-48,53,58,76-77H,1,16-30,33,36-37H2,2-6H3/t40-,41-,47-,53+,58+/m1/s1. The van der Waals surface area contributed by atoms with Crippen LogP contribution in [0.15, 0.2) is 95.5 Å². The van der Waals surface area contributed by atoms with Crippen LogP contribution >= 0.6 is 22.9 Å². The van der Waals surface area contributed by atoms with Crippen LogP contribution in [0.25, 0.3) is 43.2 Å². The molecule has 19 nitrogen and oxygen atoms in total. The fourth-order valence-electron chi connectivity index (χ4n) is 12.0. The van der Waals surface area contributed by atoms with E-state index < -0.39 is 23.9 Å². The molecule has 0 unspecified atom stereocenters. The number of aliphatic hydroxyl groups is 1. The van der Waals surface area contributed by atoms with Gasteiger partial charge in [-0.1, -0.05) is 87.5 Å². The van der Waals surface area contributed by atoms with Gasteiger partial charge in [-0.15, -0.1) is 11.3 Å². The molecule has 5 atom stereocenters. The maximum Gasteiger partial charge on any atom is 0.319 e. The Balaban J connectivity index is 0.636. The van der Waals surface area contributed by atoms with E-state index >= 15 is 4.39 Å². The highest BCUT2D eigenvalue weighted by molar-refractivity contribution is 7.13. The van der Waals surface area contributed by atoms with Gasteiger partial charge in [-0.25, -0.2) is 9.37 Å². The van der Waals surface area contributed by atoms with Crippen molar-refractivity contribution in [2.75, 3.05) is 96.9 Å². The number of Topliss-reactive ketones (excluding diaryl/α,β-unsaturated/α-hetero) is 1. The smallest absolute Gasteiger partial charge is 0.319 e. The number of fused-ring (bicyclic) bond motifs is 2. The third-order valence-electron chi connectivity index (χ3n) is 16.5. The van der Waals surface area contributed by atoms with E-state index in [1.54, 1.807) is 34.4 Å². The van der Waals surface area contributed by atoms with E-state index in [0.29, 0.717) is 87.1 Å². The van der Waals surface area contributed by atoms with Gasteiger partial charge in [0, 0.05) is 82.2 Å². The van der Waals surface area contributed by atoms with Crippen LogP contribution in [-0.2, 0) is 28.6 Å². The van der Waals surface area contributed by atoms with Gasteiger partial charge in [0.05, 0.1) is 72.4 Å². The number of thiazole rings is 1. The average molecular weight is 1230 g/mol. The Morgan fingerprint density at radius 3 is 2.33 bits per heavy atom. The van der Waals surface area contributed by atoms with Crippen molar-refractivity contribution < 1.29 is 57.2 Å². The number of aromatic hydroxyl groups is 1. The Labute approximate surface area is 515 Å². The number of nitrogens with zero attached hydrogens (tertiary/aromatic N) is 8. The first-order chi connectivity index (χ1) is 42.0. The monoisotopic (exact) mass is 1230 g/mol. The number of aliphatic hydroxyl groups excluding tert-OH is 1. The molecule has 3 aromatic heterocycles. The zero-order valence-electron chi connectivity index (χ0n) is 49.9. The zero-order chi connectivity index (χ0) is 61.3. The highest BCUT2D eigenvalue weighted by Crippen LogP contribution is 2.43. The number of aryl methyl sites for hydroxylation is 1. The number of phenols is 1. The Morgan fingerprint density at radius 1 is 0.897 bits per heavy atom. The minimum Gasteiger partial charge on any atom is -0.508 e. The molecular weight excluding hydrogens is 1160 g/mol. The molecule has 0 aliphatic carbocycles. The molecule has 2 amide bonds. The minimum absolute atomic E-state index is 0.0144. The van der Waals surface area contributed by atoms with E-state index in [1.165, 1.54) is 17.0 Å². The van der Waals surface area contributed by atoms with Gasteiger partial charge in [0.2, 0.25) is 11.8 Å². The van der Waals surface area contributed by atoms with Gasteiger partial charge in [-0.05, 0) is 95.4 Å². The second-order valence-corrected chi connectivity index (χ2v) is 24.3. The SMILES string of the molecule is C=CC(=O)N1CCN(c2nc(O[C@H](C)CN3CCC(OCCOCCOCCOc4cc([C@@H](C(=O)N5C[C@H](O)C[C@H]5C(=O)C[C@@H](C)c5ccc(-c6scnc6C)cc5)C(C)C)on4)CC3)nc3c(F)c(-c4cc(O)cc5ccccc45)c(Cl)cc23)CC1. The Kier molecular flexibility index (Phi) is 20.8. The predicted molar refractivity (Wildman–Crippen MR) is 331 cm³/mol. The van der Waals surface area contributed by atoms with Crippen molar-refractivity contribution in [1.82, 2.24) is 34.8 Å². The second-order valence-electron chi connectivity index (χ2n) is 23.0. The van der Waals surface area contributed by atoms with E-state index in [2.05, 4.69) is 38.7 Å². The molecule has 2 N–H and O–H groups in total. The quantitative estimate of drug-likeness (QED) is 0.0381. The van der Waals surface area contributed by atoms with Crippen LogP contribution < -0.4 is 14.4 Å². The first kappa shape index (κ1) is 62.9. The molecule has 0 spiro atoms. The summed E-state index contributed by atoms with van der Waals surface area (Å²) in [4.78, 5) is 63.0. The van der Waals surface area contributed by atoms with Crippen LogP contribution in [-0.4, -0.2) is 179 Å². The lowest BCUT2D eigenvalue weighted by molar-refractivity contribution is -0.140. The van der Waals surface area contributed by atoms with Crippen molar-refractivity contribution in [2.24, 2.45) is 5.92 Å². The fourth-order valence-corrected chi connectivity index (χ4v) is 13.1. The lowest BCUT2D eigenvalue weighted by Crippen LogP contribution is -2.48. The van der Waals surface area contributed by atoms with Gasteiger partial charge in [-0.2, -0.15) is 9.97 Å². The van der Waals surface area contributed by atoms with Crippen molar-refractivity contribution >= 4 is 68.0 Å². The number of halogens is 2. The van der Waals surface area contributed by atoms with Gasteiger partial charge >= 0.3 is 6.01 Å². The molecule has 3 aliphatic rings. The van der Waals surface area contributed by atoms with Gasteiger partial charge in [0.1, 0.15) is 35.7 Å². The molecule has 7 aromatic rings. The van der Waals surface area contributed by atoms with Crippen molar-refractivity contribution in [1.29, 1.82) is 0 Å². The molecular formula is C65H76ClFN8O11S. The normalized spacial score (nSPS) is 18.0. The van der Waals surface area contributed by atoms with Crippen molar-refractivity contribution in [3.05, 3.63) is 119 Å². The summed E-state index contributed by atoms with van der Waals surface area (Å²) >= 11 is 8.53. The number of hydrogen-bond acceptors (Lipinski definition) is 18. The maximum absolute atomic E-state index is 17.1.